The predicted molar refractivity (Wildman–Crippen MR) is 46.7 cm³/mol. The second-order valence-corrected chi connectivity index (χ2v) is 4.57. The molecule has 0 aromatic carbocycles. The molecule has 0 radical (unpaired) electrons. The highest BCUT2D eigenvalue weighted by atomic mass is 32.2. The number of rotatable bonds is 2. The largest absolute Gasteiger partial charge is 0.316 e. The van der Waals surface area contributed by atoms with Crippen molar-refractivity contribution in [3.05, 3.63) is 0 Å². The van der Waals surface area contributed by atoms with E-state index >= 15 is 0 Å². The molecule has 0 aromatic rings. The molecule has 0 amide bonds. The van der Waals surface area contributed by atoms with Crippen LogP contribution >= 0.6 is 0 Å². The molecule has 1 aliphatic heterocycles. The summed E-state index contributed by atoms with van der Waals surface area (Å²) in [6, 6.07) is -0.0127. The Hall–Kier alpha value is -0.170. The maximum Gasteiger partial charge on any atom is 0.274 e. The summed E-state index contributed by atoms with van der Waals surface area (Å²) in [7, 11) is -3.53. The van der Waals surface area contributed by atoms with Gasteiger partial charge in [0, 0.05) is 6.04 Å². The first-order valence-corrected chi connectivity index (χ1v) is 5.54. The highest BCUT2D eigenvalue weighted by molar-refractivity contribution is 7.87. The van der Waals surface area contributed by atoms with E-state index in [0.29, 0.717) is 5.92 Å². The molecule has 1 saturated heterocycles. The average Bonchev–Trinajstić information content (AvgIpc) is 1.91. The van der Waals surface area contributed by atoms with Crippen LogP contribution in [0.15, 0.2) is 0 Å². The van der Waals surface area contributed by atoms with Crippen molar-refractivity contribution in [2.45, 2.75) is 19.4 Å². The van der Waals surface area contributed by atoms with Gasteiger partial charge in [0.15, 0.2) is 0 Å². The minimum Gasteiger partial charge on any atom is -0.316 e. The zero-order valence-corrected chi connectivity index (χ0v) is 7.89. The topological polar surface area (TPSA) is 84.2 Å². The van der Waals surface area contributed by atoms with E-state index in [2.05, 4.69) is 10.0 Å². The molecule has 0 aromatic heterocycles. The Bertz CT molecular complexity index is 239. The van der Waals surface area contributed by atoms with E-state index in [9.17, 15) is 8.42 Å². The van der Waals surface area contributed by atoms with E-state index in [1.807, 2.05) is 6.92 Å². The lowest BCUT2D eigenvalue weighted by atomic mass is 9.97. The molecule has 0 aliphatic carbocycles. The fourth-order valence-electron chi connectivity index (χ4n) is 1.40. The molecule has 1 heterocycles. The summed E-state index contributed by atoms with van der Waals surface area (Å²) in [6.07, 6.45) is 0.803. The second-order valence-electron chi connectivity index (χ2n) is 3.24. The Balaban J connectivity index is 2.50. The average molecular weight is 193 g/mol. The first kappa shape index (κ1) is 9.91. The van der Waals surface area contributed by atoms with Crippen LogP contribution < -0.4 is 15.2 Å². The van der Waals surface area contributed by atoms with Crippen LogP contribution in [-0.2, 0) is 10.2 Å². The monoisotopic (exact) mass is 193 g/mol. The van der Waals surface area contributed by atoms with Gasteiger partial charge in [-0.15, -0.1) is 0 Å². The van der Waals surface area contributed by atoms with Gasteiger partial charge < -0.3 is 5.32 Å². The van der Waals surface area contributed by atoms with Crippen LogP contribution in [0.2, 0.25) is 0 Å². The van der Waals surface area contributed by atoms with Crippen LogP contribution in [-0.4, -0.2) is 27.5 Å². The normalized spacial score (nSPS) is 31.8. The zero-order chi connectivity index (χ0) is 9.19. The third kappa shape index (κ3) is 3.06. The number of hydrogen-bond acceptors (Lipinski definition) is 3. The zero-order valence-electron chi connectivity index (χ0n) is 7.08. The third-order valence-corrected chi connectivity index (χ3v) is 2.73. The Morgan fingerprint density at radius 1 is 1.58 bits per heavy atom. The summed E-state index contributed by atoms with van der Waals surface area (Å²) in [5.41, 5.74) is 0. The van der Waals surface area contributed by atoms with Gasteiger partial charge in [-0.2, -0.15) is 13.1 Å². The molecule has 72 valence electrons. The van der Waals surface area contributed by atoms with Crippen molar-refractivity contribution in [1.82, 2.24) is 10.0 Å². The van der Waals surface area contributed by atoms with Crippen LogP contribution in [0.1, 0.15) is 13.3 Å². The van der Waals surface area contributed by atoms with Crippen molar-refractivity contribution in [2.75, 3.05) is 13.1 Å². The summed E-state index contributed by atoms with van der Waals surface area (Å²) in [5, 5.41) is 8.04. The fraction of sp³-hybridized carbons (Fsp3) is 1.00. The van der Waals surface area contributed by atoms with Crippen molar-refractivity contribution in [2.24, 2.45) is 11.1 Å². The molecule has 2 unspecified atom stereocenters. The van der Waals surface area contributed by atoms with Gasteiger partial charge in [0.05, 0.1) is 0 Å². The highest BCUT2D eigenvalue weighted by Crippen LogP contribution is 2.10. The van der Waals surface area contributed by atoms with Crippen LogP contribution in [0, 0.1) is 5.92 Å². The van der Waals surface area contributed by atoms with Crippen LogP contribution in [0.25, 0.3) is 0 Å². The van der Waals surface area contributed by atoms with E-state index in [1.165, 1.54) is 0 Å². The van der Waals surface area contributed by atoms with Gasteiger partial charge in [-0.05, 0) is 25.4 Å². The molecule has 1 rings (SSSR count). The van der Waals surface area contributed by atoms with E-state index in [4.69, 9.17) is 5.14 Å². The molecule has 5 nitrogen and oxygen atoms in total. The summed E-state index contributed by atoms with van der Waals surface area (Å²) < 4.78 is 23.8. The van der Waals surface area contributed by atoms with Crippen molar-refractivity contribution >= 4 is 10.2 Å². The quantitative estimate of drug-likeness (QED) is 0.514. The molecular formula is C6H15N3O2S. The Morgan fingerprint density at radius 2 is 2.25 bits per heavy atom. The number of nitrogens with two attached hydrogens (primary N) is 1. The molecule has 2 atom stereocenters. The van der Waals surface area contributed by atoms with Crippen LogP contribution in [0.3, 0.4) is 0 Å². The van der Waals surface area contributed by atoms with Crippen molar-refractivity contribution < 1.29 is 8.42 Å². The molecule has 1 aliphatic rings. The third-order valence-electron chi connectivity index (χ3n) is 2.10. The summed E-state index contributed by atoms with van der Waals surface area (Å²) in [6.45, 7) is 3.68. The van der Waals surface area contributed by atoms with E-state index in [-0.39, 0.29) is 6.04 Å². The van der Waals surface area contributed by atoms with Crippen LogP contribution in [0.5, 0.6) is 0 Å². The molecule has 0 bridgehead atoms. The summed E-state index contributed by atoms with van der Waals surface area (Å²) >= 11 is 0. The van der Waals surface area contributed by atoms with Gasteiger partial charge in [-0.25, -0.2) is 5.14 Å². The van der Waals surface area contributed by atoms with Crippen LogP contribution in [0.4, 0.5) is 0 Å². The first-order chi connectivity index (χ1) is 5.49. The fourth-order valence-corrected chi connectivity index (χ4v) is 2.17. The van der Waals surface area contributed by atoms with Gasteiger partial charge in [-0.3, -0.25) is 0 Å². The van der Waals surface area contributed by atoms with Gasteiger partial charge >= 0.3 is 0 Å². The maximum absolute atomic E-state index is 10.7. The SMILES string of the molecule is CC1CNCCC1NS(N)(=O)=O. The standard InChI is InChI=1S/C6H15N3O2S/c1-5-4-8-3-2-6(5)9-12(7,10)11/h5-6,8-9H,2-4H2,1H3,(H2,7,10,11). The Kier molecular flexibility index (Phi) is 3.05. The number of nitrogens with one attached hydrogen (secondary N) is 2. The van der Waals surface area contributed by atoms with E-state index < -0.39 is 10.2 Å². The lowest BCUT2D eigenvalue weighted by Gasteiger charge is -2.29. The lowest BCUT2D eigenvalue weighted by molar-refractivity contribution is 0.328. The maximum atomic E-state index is 10.7. The van der Waals surface area contributed by atoms with Gasteiger partial charge in [0.2, 0.25) is 0 Å². The molecule has 6 heteroatoms. The number of hydrogen-bond donors (Lipinski definition) is 3. The molecule has 1 fully saturated rings. The molecule has 0 saturated carbocycles. The summed E-state index contributed by atoms with van der Waals surface area (Å²) in [4.78, 5) is 0. The Morgan fingerprint density at radius 3 is 2.75 bits per heavy atom. The van der Waals surface area contributed by atoms with Crippen molar-refractivity contribution in [1.29, 1.82) is 0 Å². The van der Waals surface area contributed by atoms with Crippen molar-refractivity contribution in [3.63, 3.8) is 0 Å². The molecule has 12 heavy (non-hydrogen) atoms. The molecule has 4 N–H and O–H groups in total. The lowest BCUT2D eigenvalue weighted by Crippen LogP contribution is -2.50. The summed E-state index contributed by atoms with van der Waals surface area (Å²) in [5.74, 6) is 0.303. The highest BCUT2D eigenvalue weighted by Gasteiger charge is 2.23. The Labute approximate surface area is 72.9 Å². The molecule has 0 spiro atoms. The van der Waals surface area contributed by atoms with Gasteiger partial charge in [0.25, 0.3) is 10.2 Å². The first-order valence-electron chi connectivity index (χ1n) is 4.00. The van der Waals surface area contributed by atoms with Crippen molar-refractivity contribution in [3.8, 4) is 0 Å². The minimum atomic E-state index is -3.53. The molecular weight excluding hydrogens is 178 g/mol. The second kappa shape index (κ2) is 3.69. The predicted octanol–water partition coefficient (Wildman–Crippen LogP) is -1.22. The smallest absolute Gasteiger partial charge is 0.274 e. The number of piperidine rings is 1. The van der Waals surface area contributed by atoms with E-state index in [1.54, 1.807) is 0 Å². The minimum absolute atomic E-state index is 0.0127. The van der Waals surface area contributed by atoms with Gasteiger partial charge in [0.1, 0.15) is 0 Å². The van der Waals surface area contributed by atoms with Gasteiger partial charge in [-0.1, -0.05) is 6.92 Å². The van der Waals surface area contributed by atoms with E-state index in [0.717, 1.165) is 19.5 Å².